The molecule has 9 heteroatoms. The lowest BCUT2D eigenvalue weighted by Gasteiger charge is -2.04. The van der Waals surface area contributed by atoms with Gasteiger partial charge in [0.15, 0.2) is 18.2 Å². The summed E-state index contributed by atoms with van der Waals surface area (Å²) in [7, 11) is 0. The van der Waals surface area contributed by atoms with E-state index < -0.39 is 16.6 Å². The SMILES string of the molecule is CCc1noc(COc2ccc(C(=O)O)cc2[N+](=O)[O-])n1. The average Bonchev–Trinajstić information content (AvgIpc) is 2.92. The zero-order valence-electron chi connectivity index (χ0n) is 11.0. The van der Waals surface area contributed by atoms with Crippen LogP contribution < -0.4 is 4.74 Å². The van der Waals surface area contributed by atoms with E-state index in [4.69, 9.17) is 14.4 Å². The second kappa shape index (κ2) is 5.99. The van der Waals surface area contributed by atoms with Gasteiger partial charge < -0.3 is 14.4 Å². The summed E-state index contributed by atoms with van der Waals surface area (Å²) in [5.74, 6) is -0.636. The van der Waals surface area contributed by atoms with E-state index in [0.29, 0.717) is 12.2 Å². The van der Waals surface area contributed by atoms with E-state index in [0.717, 1.165) is 6.07 Å². The minimum atomic E-state index is -1.26. The van der Waals surface area contributed by atoms with Gasteiger partial charge in [-0.1, -0.05) is 12.1 Å². The highest BCUT2D eigenvalue weighted by atomic mass is 16.6. The maximum absolute atomic E-state index is 10.9. The van der Waals surface area contributed by atoms with Crippen molar-refractivity contribution in [1.29, 1.82) is 0 Å². The third-order valence-corrected chi connectivity index (χ3v) is 2.58. The summed E-state index contributed by atoms with van der Waals surface area (Å²) < 4.78 is 10.1. The van der Waals surface area contributed by atoms with Gasteiger partial charge in [-0.25, -0.2) is 4.79 Å². The number of rotatable bonds is 6. The van der Waals surface area contributed by atoms with E-state index in [1.54, 1.807) is 0 Å². The number of hydrogen-bond acceptors (Lipinski definition) is 7. The number of aromatic carboxylic acids is 1. The molecule has 1 N–H and O–H groups in total. The van der Waals surface area contributed by atoms with Gasteiger partial charge in [-0.2, -0.15) is 4.98 Å². The van der Waals surface area contributed by atoms with E-state index in [2.05, 4.69) is 10.1 Å². The summed E-state index contributed by atoms with van der Waals surface area (Å²) in [6.45, 7) is 1.71. The molecule has 0 radical (unpaired) electrons. The third-order valence-electron chi connectivity index (χ3n) is 2.58. The normalized spacial score (nSPS) is 10.3. The van der Waals surface area contributed by atoms with E-state index in [9.17, 15) is 14.9 Å². The first-order valence-corrected chi connectivity index (χ1v) is 5.97. The Bertz CT molecular complexity index is 681. The number of aryl methyl sites for hydroxylation is 1. The van der Waals surface area contributed by atoms with Gasteiger partial charge in [0, 0.05) is 12.5 Å². The molecular weight excluding hydrogens is 282 g/mol. The molecule has 0 aliphatic rings. The molecule has 21 heavy (non-hydrogen) atoms. The predicted octanol–water partition coefficient (Wildman–Crippen LogP) is 1.82. The summed E-state index contributed by atoms with van der Waals surface area (Å²) in [6.07, 6.45) is 0.594. The van der Waals surface area contributed by atoms with Gasteiger partial charge in [-0.05, 0) is 12.1 Å². The highest BCUT2D eigenvalue weighted by molar-refractivity contribution is 5.88. The van der Waals surface area contributed by atoms with Crippen LogP contribution in [0.2, 0.25) is 0 Å². The van der Waals surface area contributed by atoms with Gasteiger partial charge in [0.05, 0.1) is 10.5 Å². The van der Waals surface area contributed by atoms with Crippen LogP contribution in [0.5, 0.6) is 5.75 Å². The van der Waals surface area contributed by atoms with Crippen molar-refractivity contribution >= 4 is 11.7 Å². The van der Waals surface area contributed by atoms with Crippen molar-refractivity contribution < 1.29 is 24.1 Å². The Morgan fingerprint density at radius 1 is 1.52 bits per heavy atom. The molecule has 0 bridgehead atoms. The average molecular weight is 293 g/mol. The number of carboxylic acids is 1. The number of benzene rings is 1. The zero-order valence-corrected chi connectivity index (χ0v) is 11.0. The molecule has 2 aromatic rings. The van der Waals surface area contributed by atoms with Crippen LogP contribution in [0.15, 0.2) is 22.7 Å². The van der Waals surface area contributed by atoms with Gasteiger partial charge in [0.1, 0.15) is 0 Å². The van der Waals surface area contributed by atoms with Crippen LogP contribution in [0.1, 0.15) is 29.0 Å². The molecule has 2 rings (SSSR count). The Labute approximate surface area is 118 Å². The molecular formula is C12H11N3O6. The van der Waals surface area contributed by atoms with E-state index in [1.807, 2.05) is 6.92 Å². The van der Waals surface area contributed by atoms with E-state index in [-0.39, 0.29) is 23.8 Å². The molecule has 9 nitrogen and oxygen atoms in total. The zero-order chi connectivity index (χ0) is 15.4. The molecule has 1 aromatic heterocycles. The topological polar surface area (TPSA) is 129 Å². The molecule has 1 aromatic carbocycles. The molecule has 0 saturated carbocycles. The molecule has 0 aliphatic heterocycles. The number of nitro benzene ring substituents is 1. The maximum atomic E-state index is 10.9. The van der Waals surface area contributed by atoms with Crippen LogP contribution in [-0.2, 0) is 13.0 Å². The van der Waals surface area contributed by atoms with Gasteiger partial charge in [0.25, 0.3) is 5.89 Å². The number of ether oxygens (including phenoxy) is 1. The second-order valence-electron chi connectivity index (χ2n) is 3.99. The standard InChI is InChI=1S/C12H11N3O6/c1-2-10-13-11(21-14-10)6-20-9-4-3-7(12(16)17)5-8(9)15(18)19/h3-5H,2,6H2,1H3,(H,16,17). The third kappa shape index (κ3) is 3.32. The maximum Gasteiger partial charge on any atom is 0.335 e. The monoisotopic (exact) mass is 293 g/mol. The van der Waals surface area contributed by atoms with Crippen LogP contribution in [0, 0.1) is 10.1 Å². The van der Waals surface area contributed by atoms with Crippen molar-refractivity contribution in [3.8, 4) is 5.75 Å². The van der Waals surface area contributed by atoms with Gasteiger partial charge in [0.2, 0.25) is 0 Å². The minimum absolute atomic E-state index is 0.0683. The fraction of sp³-hybridized carbons (Fsp3) is 0.250. The molecule has 0 atom stereocenters. The van der Waals surface area contributed by atoms with Crippen LogP contribution in [-0.4, -0.2) is 26.1 Å². The highest BCUT2D eigenvalue weighted by Gasteiger charge is 2.19. The van der Waals surface area contributed by atoms with Crippen LogP contribution in [0.3, 0.4) is 0 Å². The van der Waals surface area contributed by atoms with E-state index in [1.165, 1.54) is 12.1 Å². The van der Waals surface area contributed by atoms with Crippen molar-refractivity contribution in [1.82, 2.24) is 10.1 Å². The Kier molecular flexibility index (Phi) is 4.12. The molecule has 0 unspecified atom stereocenters. The number of carbonyl (C=O) groups is 1. The second-order valence-corrected chi connectivity index (χ2v) is 3.99. The molecule has 0 saturated heterocycles. The largest absolute Gasteiger partial charge is 0.478 e. The van der Waals surface area contributed by atoms with Crippen molar-refractivity contribution in [2.24, 2.45) is 0 Å². The predicted molar refractivity (Wildman–Crippen MR) is 68.1 cm³/mol. The summed E-state index contributed by atoms with van der Waals surface area (Å²) in [6, 6.07) is 3.37. The summed E-state index contributed by atoms with van der Waals surface area (Å²) in [5, 5.41) is 23.4. The molecule has 0 amide bonds. The lowest BCUT2D eigenvalue weighted by atomic mass is 10.2. The first kappa shape index (κ1) is 14.4. The molecule has 0 spiro atoms. The lowest BCUT2D eigenvalue weighted by molar-refractivity contribution is -0.386. The summed E-state index contributed by atoms with van der Waals surface area (Å²) >= 11 is 0. The van der Waals surface area contributed by atoms with Crippen molar-refractivity contribution in [3.63, 3.8) is 0 Å². The number of nitrogens with zero attached hydrogens (tertiary/aromatic N) is 3. The first-order chi connectivity index (χ1) is 10.0. The highest BCUT2D eigenvalue weighted by Crippen LogP contribution is 2.28. The Morgan fingerprint density at radius 2 is 2.29 bits per heavy atom. The van der Waals surface area contributed by atoms with Crippen molar-refractivity contribution in [3.05, 3.63) is 45.6 Å². The Balaban J connectivity index is 2.19. The minimum Gasteiger partial charge on any atom is -0.478 e. The molecule has 0 aliphatic carbocycles. The fourth-order valence-electron chi connectivity index (χ4n) is 1.55. The van der Waals surface area contributed by atoms with Crippen LogP contribution in [0.4, 0.5) is 5.69 Å². The van der Waals surface area contributed by atoms with Crippen molar-refractivity contribution in [2.75, 3.05) is 0 Å². The van der Waals surface area contributed by atoms with Gasteiger partial charge in [-0.15, -0.1) is 0 Å². The van der Waals surface area contributed by atoms with Gasteiger partial charge >= 0.3 is 11.7 Å². The smallest absolute Gasteiger partial charge is 0.335 e. The number of nitro groups is 1. The van der Waals surface area contributed by atoms with Gasteiger partial charge in [-0.3, -0.25) is 10.1 Å². The van der Waals surface area contributed by atoms with Crippen LogP contribution >= 0.6 is 0 Å². The molecule has 0 fully saturated rings. The number of aromatic nitrogens is 2. The van der Waals surface area contributed by atoms with Crippen LogP contribution in [0.25, 0.3) is 0 Å². The Morgan fingerprint density at radius 3 is 2.86 bits per heavy atom. The summed E-state index contributed by atoms with van der Waals surface area (Å²) in [4.78, 5) is 25.0. The number of carboxylic acid groups (broad SMARTS) is 1. The first-order valence-electron chi connectivity index (χ1n) is 5.97. The number of hydrogen-bond donors (Lipinski definition) is 1. The lowest BCUT2D eigenvalue weighted by Crippen LogP contribution is -2.02. The fourth-order valence-corrected chi connectivity index (χ4v) is 1.55. The summed E-state index contributed by atoms with van der Waals surface area (Å²) in [5.41, 5.74) is -0.634. The molecule has 1 heterocycles. The van der Waals surface area contributed by atoms with E-state index >= 15 is 0 Å². The quantitative estimate of drug-likeness (QED) is 0.630. The molecule has 110 valence electrons. The van der Waals surface area contributed by atoms with Crippen molar-refractivity contribution in [2.45, 2.75) is 20.0 Å². The Hall–Kier alpha value is -2.97.